The first-order valence-electron chi connectivity index (χ1n) is 6.87. The van der Waals surface area contributed by atoms with Gasteiger partial charge >= 0.3 is 0 Å². The lowest BCUT2D eigenvalue weighted by Crippen LogP contribution is -2.25. The molecule has 2 aliphatic rings. The molecule has 102 valence electrons. The quantitative estimate of drug-likeness (QED) is 0.592. The number of hydrogen-bond acceptors (Lipinski definition) is 3. The number of carbonyl (C=O) groups is 1. The third-order valence-corrected chi connectivity index (χ3v) is 4.24. The van der Waals surface area contributed by atoms with E-state index in [1.54, 1.807) is 24.3 Å². The van der Waals surface area contributed by atoms with Crippen molar-refractivity contribution in [2.45, 2.75) is 12.8 Å². The summed E-state index contributed by atoms with van der Waals surface area (Å²) in [6.07, 6.45) is 2.51. The van der Waals surface area contributed by atoms with Gasteiger partial charge in [0.25, 0.3) is 5.24 Å². The van der Waals surface area contributed by atoms with E-state index in [1.165, 1.54) is 19.5 Å². The Balaban J connectivity index is 1.36. The predicted molar refractivity (Wildman–Crippen MR) is 74.8 cm³/mol. The van der Waals surface area contributed by atoms with Crippen LogP contribution in [0.3, 0.4) is 0 Å². The fraction of sp³-hybridized carbons (Fsp3) is 0.533. The number of nitrogens with zero attached hydrogens (tertiary/aromatic N) is 1. The topological polar surface area (TPSA) is 29.5 Å². The maximum absolute atomic E-state index is 10.9. The van der Waals surface area contributed by atoms with Crippen molar-refractivity contribution in [1.29, 1.82) is 0 Å². The van der Waals surface area contributed by atoms with Gasteiger partial charge in [0, 0.05) is 25.2 Å². The lowest BCUT2D eigenvalue weighted by atomic mass is 10.2. The van der Waals surface area contributed by atoms with Gasteiger partial charge in [-0.1, -0.05) is 0 Å². The smallest absolute Gasteiger partial charge is 0.252 e. The summed E-state index contributed by atoms with van der Waals surface area (Å²) in [7, 11) is 0. The van der Waals surface area contributed by atoms with E-state index < -0.39 is 5.24 Å². The number of halogens is 1. The molecule has 1 heterocycles. The van der Waals surface area contributed by atoms with Crippen LogP contribution in [0.25, 0.3) is 0 Å². The van der Waals surface area contributed by atoms with E-state index in [4.69, 9.17) is 16.3 Å². The molecule has 2 fully saturated rings. The maximum Gasteiger partial charge on any atom is 0.252 e. The Bertz CT molecular complexity index is 450. The molecule has 2 atom stereocenters. The average Bonchev–Trinajstić information content (AvgIpc) is 3.02. The molecule has 0 amide bonds. The molecule has 0 spiro atoms. The number of ether oxygens (including phenoxy) is 1. The van der Waals surface area contributed by atoms with Crippen molar-refractivity contribution in [2.24, 2.45) is 11.8 Å². The molecule has 2 unspecified atom stereocenters. The average molecular weight is 280 g/mol. The molecule has 4 heteroatoms. The van der Waals surface area contributed by atoms with Gasteiger partial charge in [0.1, 0.15) is 5.75 Å². The summed E-state index contributed by atoms with van der Waals surface area (Å²) in [5.74, 6) is 2.80. The highest BCUT2D eigenvalue weighted by Gasteiger charge is 2.44. The third-order valence-electron chi connectivity index (χ3n) is 4.02. The fourth-order valence-electron chi connectivity index (χ4n) is 2.84. The first kappa shape index (κ1) is 12.9. The summed E-state index contributed by atoms with van der Waals surface area (Å²) in [5, 5.41) is -0.431. The zero-order chi connectivity index (χ0) is 13.2. The Morgan fingerprint density at radius 2 is 1.95 bits per heavy atom. The first-order valence-corrected chi connectivity index (χ1v) is 7.25. The number of rotatable bonds is 6. The van der Waals surface area contributed by atoms with Crippen LogP contribution >= 0.6 is 11.6 Å². The van der Waals surface area contributed by atoms with Crippen molar-refractivity contribution >= 4 is 16.8 Å². The van der Waals surface area contributed by atoms with Crippen LogP contribution in [0.1, 0.15) is 23.2 Å². The van der Waals surface area contributed by atoms with Crippen molar-refractivity contribution in [3.63, 3.8) is 0 Å². The number of likely N-dealkylation sites (tertiary alicyclic amines) is 1. The minimum absolute atomic E-state index is 0.431. The predicted octanol–water partition coefficient (Wildman–Crippen LogP) is 2.79. The molecule has 3 rings (SSSR count). The summed E-state index contributed by atoms with van der Waals surface area (Å²) < 4.78 is 5.66. The van der Waals surface area contributed by atoms with Crippen molar-refractivity contribution < 1.29 is 9.53 Å². The summed E-state index contributed by atoms with van der Waals surface area (Å²) >= 11 is 5.39. The number of piperidine rings is 1. The van der Waals surface area contributed by atoms with E-state index in [2.05, 4.69) is 4.90 Å². The van der Waals surface area contributed by atoms with Crippen LogP contribution in [-0.4, -0.2) is 36.4 Å². The van der Waals surface area contributed by atoms with Gasteiger partial charge in [-0.05, 0) is 60.5 Å². The molecule has 1 saturated carbocycles. The second kappa shape index (κ2) is 5.51. The molecule has 19 heavy (non-hydrogen) atoms. The maximum atomic E-state index is 10.9. The van der Waals surface area contributed by atoms with Crippen LogP contribution in [0, 0.1) is 11.8 Å². The summed E-state index contributed by atoms with van der Waals surface area (Å²) in [6, 6.07) is 6.97. The number of hydrogen-bond donors (Lipinski definition) is 0. The van der Waals surface area contributed by atoms with Gasteiger partial charge in [-0.3, -0.25) is 4.79 Å². The lowest BCUT2D eigenvalue weighted by Gasteiger charge is -2.17. The van der Waals surface area contributed by atoms with E-state index in [-0.39, 0.29) is 0 Å². The minimum atomic E-state index is -0.431. The SMILES string of the molecule is O=C(Cl)c1ccc(OCCCN2CC3CC3C2)cc1. The van der Waals surface area contributed by atoms with E-state index in [1.807, 2.05) is 0 Å². The standard InChI is InChI=1S/C15H18ClNO2/c16-15(18)11-2-4-14(5-3-11)19-7-1-6-17-9-12-8-13(12)10-17/h2-5,12-13H,1,6-10H2. The van der Waals surface area contributed by atoms with Crippen molar-refractivity contribution in [2.75, 3.05) is 26.2 Å². The number of benzene rings is 1. The molecule has 0 aromatic heterocycles. The Morgan fingerprint density at radius 3 is 2.58 bits per heavy atom. The van der Waals surface area contributed by atoms with Crippen molar-refractivity contribution in [3.05, 3.63) is 29.8 Å². The van der Waals surface area contributed by atoms with Crippen LogP contribution in [0.15, 0.2) is 24.3 Å². The van der Waals surface area contributed by atoms with E-state index >= 15 is 0 Å². The molecule has 1 saturated heterocycles. The van der Waals surface area contributed by atoms with Gasteiger partial charge in [-0.15, -0.1) is 0 Å². The molecule has 0 bridgehead atoms. The zero-order valence-corrected chi connectivity index (χ0v) is 11.6. The van der Waals surface area contributed by atoms with E-state index in [0.717, 1.165) is 37.2 Å². The molecule has 3 nitrogen and oxygen atoms in total. The second-order valence-electron chi connectivity index (χ2n) is 5.52. The minimum Gasteiger partial charge on any atom is -0.494 e. The summed E-state index contributed by atoms with van der Waals surface area (Å²) in [5.41, 5.74) is 0.505. The molecular weight excluding hydrogens is 262 g/mol. The van der Waals surface area contributed by atoms with E-state index in [9.17, 15) is 4.79 Å². The molecule has 0 radical (unpaired) electrons. The van der Waals surface area contributed by atoms with Crippen LogP contribution in [0.5, 0.6) is 5.75 Å². The molecule has 1 aromatic carbocycles. The van der Waals surface area contributed by atoms with Crippen LogP contribution in [-0.2, 0) is 0 Å². The van der Waals surface area contributed by atoms with E-state index in [0.29, 0.717) is 5.56 Å². The van der Waals surface area contributed by atoms with Crippen molar-refractivity contribution in [1.82, 2.24) is 4.90 Å². The Labute approximate surface area is 118 Å². The van der Waals surface area contributed by atoms with Gasteiger partial charge in [-0.25, -0.2) is 0 Å². The Kier molecular flexibility index (Phi) is 3.76. The molecular formula is C15H18ClNO2. The van der Waals surface area contributed by atoms with Crippen LogP contribution < -0.4 is 4.74 Å². The molecule has 1 aliphatic heterocycles. The van der Waals surface area contributed by atoms with Crippen LogP contribution in [0.2, 0.25) is 0 Å². The number of carbonyl (C=O) groups excluding carboxylic acids is 1. The summed E-state index contributed by atoms with van der Waals surface area (Å²) in [4.78, 5) is 13.5. The summed E-state index contributed by atoms with van der Waals surface area (Å²) in [6.45, 7) is 4.43. The fourth-order valence-corrected chi connectivity index (χ4v) is 2.96. The van der Waals surface area contributed by atoms with Crippen molar-refractivity contribution in [3.8, 4) is 5.75 Å². The molecule has 0 N–H and O–H groups in total. The Morgan fingerprint density at radius 1 is 1.26 bits per heavy atom. The van der Waals surface area contributed by atoms with Crippen LogP contribution in [0.4, 0.5) is 0 Å². The third kappa shape index (κ3) is 3.28. The number of fused-ring (bicyclic) bond motifs is 1. The lowest BCUT2D eigenvalue weighted by molar-refractivity contribution is 0.108. The normalized spacial score (nSPS) is 25.1. The van der Waals surface area contributed by atoms with Gasteiger partial charge in [0.2, 0.25) is 0 Å². The largest absolute Gasteiger partial charge is 0.494 e. The molecule has 1 aliphatic carbocycles. The zero-order valence-electron chi connectivity index (χ0n) is 10.8. The van der Waals surface area contributed by atoms with Gasteiger partial charge in [-0.2, -0.15) is 0 Å². The van der Waals surface area contributed by atoms with Gasteiger partial charge in [0.15, 0.2) is 0 Å². The second-order valence-corrected chi connectivity index (χ2v) is 5.86. The highest BCUT2D eigenvalue weighted by Crippen LogP contribution is 2.44. The van der Waals surface area contributed by atoms with Gasteiger partial charge in [0.05, 0.1) is 6.61 Å². The van der Waals surface area contributed by atoms with Gasteiger partial charge < -0.3 is 9.64 Å². The molecule has 1 aromatic rings. The first-order chi connectivity index (χ1) is 9.22. The Hall–Kier alpha value is -1.06. The highest BCUT2D eigenvalue weighted by molar-refractivity contribution is 6.67. The highest BCUT2D eigenvalue weighted by atomic mass is 35.5. The monoisotopic (exact) mass is 279 g/mol.